The van der Waals surface area contributed by atoms with E-state index >= 15 is 0 Å². The fraction of sp³-hybridized carbons (Fsp3) is 0. The number of hydrogen-bond acceptors (Lipinski definition) is 5. The van der Waals surface area contributed by atoms with Crippen LogP contribution in [0.4, 0.5) is 5.69 Å². The number of anilines is 1. The second kappa shape index (κ2) is 3.44. The molecule has 0 spiro atoms. The third-order valence-electron chi connectivity index (χ3n) is 1.48. The summed E-state index contributed by atoms with van der Waals surface area (Å²) in [6, 6.07) is 4.11. The Bertz CT molecular complexity index is 279. The molecule has 0 bridgehead atoms. The summed E-state index contributed by atoms with van der Waals surface area (Å²) in [5.74, 6) is 4.92. The van der Waals surface area contributed by atoms with Gasteiger partial charge in [-0.1, -0.05) is 6.07 Å². The van der Waals surface area contributed by atoms with Gasteiger partial charge in [-0.05, 0) is 17.6 Å². The first-order valence-corrected chi connectivity index (χ1v) is 3.31. The molecule has 6 heteroatoms. The highest BCUT2D eigenvalue weighted by Crippen LogP contribution is 2.18. The number of benzene rings is 1. The molecular formula is C6H9BN2O3. The van der Waals surface area contributed by atoms with Crippen molar-refractivity contribution in [2.24, 2.45) is 5.84 Å². The number of aromatic hydroxyl groups is 1. The molecule has 0 aliphatic rings. The molecule has 0 saturated heterocycles. The zero-order valence-corrected chi connectivity index (χ0v) is 6.23. The smallest absolute Gasteiger partial charge is 0.488 e. The van der Waals surface area contributed by atoms with Crippen LogP contribution in [0.25, 0.3) is 0 Å². The van der Waals surface area contributed by atoms with Gasteiger partial charge in [-0.15, -0.1) is 0 Å². The molecule has 64 valence electrons. The van der Waals surface area contributed by atoms with Gasteiger partial charge in [-0.2, -0.15) is 0 Å². The molecule has 1 rings (SSSR count). The van der Waals surface area contributed by atoms with Gasteiger partial charge in [-0.3, -0.25) is 5.84 Å². The van der Waals surface area contributed by atoms with Crippen molar-refractivity contribution < 1.29 is 15.2 Å². The summed E-state index contributed by atoms with van der Waals surface area (Å²) in [5.41, 5.74) is 2.80. The Kier molecular flexibility index (Phi) is 2.54. The zero-order chi connectivity index (χ0) is 9.14. The molecule has 0 aliphatic heterocycles. The monoisotopic (exact) mass is 168 g/mol. The van der Waals surface area contributed by atoms with Crippen LogP contribution >= 0.6 is 0 Å². The molecular weight excluding hydrogens is 159 g/mol. The minimum atomic E-state index is -1.58. The molecule has 6 N–H and O–H groups in total. The van der Waals surface area contributed by atoms with Gasteiger partial charge in [0.1, 0.15) is 5.75 Å². The number of phenolic OH excluding ortho intramolecular Hbond substituents is 1. The summed E-state index contributed by atoms with van der Waals surface area (Å²) in [7, 11) is -1.58. The third-order valence-corrected chi connectivity index (χ3v) is 1.48. The molecule has 0 fully saturated rings. The fourth-order valence-corrected chi connectivity index (χ4v) is 0.831. The van der Waals surface area contributed by atoms with E-state index in [1.165, 1.54) is 18.2 Å². The van der Waals surface area contributed by atoms with Crippen molar-refractivity contribution in [3.8, 4) is 5.75 Å². The Morgan fingerprint density at radius 1 is 1.33 bits per heavy atom. The highest BCUT2D eigenvalue weighted by Gasteiger charge is 2.12. The molecule has 1 aromatic carbocycles. The van der Waals surface area contributed by atoms with Crippen molar-refractivity contribution in [3.63, 3.8) is 0 Å². The van der Waals surface area contributed by atoms with E-state index in [1.54, 1.807) is 0 Å². The molecule has 0 aliphatic carbocycles. The average Bonchev–Trinajstić information content (AvgIpc) is 2.04. The number of hydrazine groups is 1. The zero-order valence-electron chi connectivity index (χ0n) is 6.23. The van der Waals surface area contributed by atoms with Crippen LogP contribution in [0.1, 0.15) is 0 Å². The van der Waals surface area contributed by atoms with Gasteiger partial charge in [0.15, 0.2) is 0 Å². The van der Waals surface area contributed by atoms with Crippen molar-refractivity contribution >= 4 is 18.3 Å². The molecule has 0 radical (unpaired) electrons. The number of nitrogens with two attached hydrogens (primary N) is 1. The first-order chi connectivity index (χ1) is 5.65. The summed E-state index contributed by atoms with van der Waals surface area (Å²) >= 11 is 0. The van der Waals surface area contributed by atoms with Crippen molar-refractivity contribution in [2.45, 2.75) is 0 Å². The van der Waals surface area contributed by atoms with Gasteiger partial charge in [-0.25, -0.2) is 0 Å². The third kappa shape index (κ3) is 1.67. The molecule has 12 heavy (non-hydrogen) atoms. The van der Waals surface area contributed by atoms with Crippen LogP contribution in [-0.2, 0) is 0 Å². The van der Waals surface area contributed by atoms with Gasteiger partial charge in [0.05, 0.1) is 5.69 Å². The normalized spacial score (nSPS) is 9.58. The van der Waals surface area contributed by atoms with Gasteiger partial charge in [0.25, 0.3) is 0 Å². The van der Waals surface area contributed by atoms with Crippen LogP contribution in [-0.4, -0.2) is 22.3 Å². The van der Waals surface area contributed by atoms with E-state index in [0.29, 0.717) is 5.69 Å². The summed E-state index contributed by atoms with van der Waals surface area (Å²) in [5, 5.41) is 26.6. The minimum Gasteiger partial charge on any atom is -0.506 e. The molecule has 0 amide bonds. The predicted molar refractivity (Wildman–Crippen MR) is 45.7 cm³/mol. The molecule has 0 aromatic heterocycles. The number of nitrogen functional groups attached to an aromatic ring is 1. The van der Waals surface area contributed by atoms with E-state index in [-0.39, 0.29) is 11.2 Å². The molecule has 1 aromatic rings. The highest BCUT2D eigenvalue weighted by molar-refractivity contribution is 6.58. The summed E-state index contributed by atoms with van der Waals surface area (Å²) < 4.78 is 0. The van der Waals surface area contributed by atoms with Crippen molar-refractivity contribution in [1.29, 1.82) is 0 Å². The van der Waals surface area contributed by atoms with Crippen molar-refractivity contribution in [2.75, 3.05) is 5.43 Å². The predicted octanol–water partition coefficient (Wildman–Crippen LogP) is -1.64. The van der Waals surface area contributed by atoms with E-state index in [2.05, 4.69) is 5.43 Å². The average molecular weight is 168 g/mol. The van der Waals surface area contributed by atoms with E-state index in [0.717, 1.165) is 0 Å². The lowest BCUT2D eigenvalue weighted by atomic mass is 9.80. The number of nitrogens with one attached hydrogen (secondary N) is 1. The maximum atomic E-state index is 9.18. The summed E-state index contributed by atoms with van der Waals surface area (Å²) in [4.78, 5) is 0. The van der Waals surface area contributed by atoms with Crippen LogP contribution in [0, 0.1) is 0 Å². The lowest BCUT2D eigenvalue weighted by Crippen LogP contribution is -2.29. The first kappa shape index (κ1) is 8.86. The Morgan fingerprint density at radius 2 is 2.00 bits per heavy atom. The Balaban J connectivity index is 3.02. The Morgan fingerprint density at radius 3 is 2.42 bits per heavy atom. The SMILES string of the molecule is NNc1ccc(B(O)O)cc1O. The highest BCUT2D eigenvalue weighted by atomic mass is 16.4. The first-order valence-electron chi connectivity index (χ1n) is 3.31. The van der Waals surface area contributed by atoms with Gasteiger partial charge in [0, 0.05) is 0 Å². The Hall–Kier alpha value is -1.24. The van der Waals surface area contributed by atoms with Gasteiger partial charge >= 0.3 is 7.12 Å². The van der Waals surface area contributed by atoms with Crippen molar-refractivity contribution in [3.05, 3.63) is 18.2 Å². The number of hydrogen-bond donors (Lipinski definition) is 5. The second-order valence-corrected chi connectivity index (χ2v) is 2.29. The van der Waals surface area contributed by atoms with Gasteiger partial charge < -0.3 is 20.6 Å². The van der Waals surface area contributed by atoms with Crippen LogP contribution < -0.4 is 16.7 Å². The molecule has 0 atom stereocenters. The molecule has 5 nitrogen and oxygen atoms in total. The quantitative estimate of drug-likeness (QED) is 0.158. The largest absolute Gasteiger partial charge is 0.506 e. The fourth-order valence-electron chi connectivity index (χ4n) is 0.831. The Labute approximate surface area is 69.6 Å². The van der Waals surface area contributed by atoms with Crippen LogP contribution in [0.3, 0.4) is 0 Å². The van der Waals surface area contributed by atoms with E-state index in [9.17, 15) is 5.11 Å². The van der Waals surface area contributed by atoms with Gasteiger partial charge in [0.2, 0.25) is 0 Å². The van der Waals surface area contributed by atoms with E-state index in [1.807, 2.05) is 0 Å². The standard InChI is InChI=1S/C6H9BN2O3/c8-9-5-2-1-4(7(11)12)3-6(5)10/h1-3,9-12H,8H2. The topological polar surface area (TPSA) is 98.7 Å². The number of phenols is 1. The lowest BCUT2D eigenvalue weighted by Gasteiger charge is -2.05. The maximum absolute atomic E-state index is 9.18. The van der Waals surface area contributed by atoms with Crippen LogP contribution in [0.5, 0.6) is 5.75 Å². The molecule has 0 heterocycles. The second-order valence-electron chi connectivity index (χ2n) is 2.29. The van der Waals surface area contributed by atoms with E-state index in [4.69, 9.17) is 15.9 Å². The van der Waals surface area contributed by atoms with Crippen molar-refractivity contribution in [1.82, 2.24) is 0 Å². The van der Waals surface area contributed by atoms with Crippen LogP contribution in [0.2, 0.25) is 0 Å². The molecule has 0 unspecified atom stereocenters. The lowest BCUT2D eigenvalue weighted by molar-refractivity contribution is 0.425. The van der Waals surface area contributed by atoms with Crippen LogP contribution in [0.15, 0.2) is 18.2 Å². The van der Waals surface area contributed by atoms with E-state index < -0.39 is 7.12 Å². The minimum absolute atomic E-state index is 0.122. The summed E-state index contributed by atoms with van der Waals surface area (Å²) in [6.45, 7) is 0. The maximum Gasteiger partial charge on any atom is 0.488 e. The molecule has 0 saturated carbocycles. The summed E-state index contributed by atoms with van der Waals surface area (Å²) in [6.07, 6.45) is 0. The number of rotatable bonds is 2.